The summed E-state index contributed by atoms with van der Waals surface area (Å²) in [5, 5.41) is 21.9. The predicted octanol–water partition coefficient (Wildman–Crippen LogP) is -0.304. The van der Waals surface area contributed by atoms with Crippen LogP contribution in [0, 0.1) is 5.92 Å². The molecule has 0 radical (unpaired) electrons. The first-order valence-corrected chi connectivity index (χ1v) is 9.41. The first kappa shape index (κ1) is 18.8. The summed E-state index contributed by atoms with van der Waals surface area (Å²) in [6, 6.07) is 0. The number of ether oxygens (including phenoxy) is 1. The largest absolute Gasteiger partial charge is 0.394 e. The zero-order valence-electron chi connectivity index (χ0n) is 14.5. The van der Waals surface area contributed by atoms with E-state index in [0.717, 1.165) is 0 Å². The van der Waals surface area contributed by atoms with Gasteiger partial charge in [-0.3, -0.25) is 24.5 Å². The van der Waals surface area contributed by atoms with Crippen molar-refractivity contribution < 1.29 is 19.7 Å². The quantitative estimate of drug-likeness (QED) is 0.551. The molecule has 3 rings (SSSR count). The van der Waals surface area contributed by atoms with Gasteiger partial charge in [-0.05, 0) is 6.26 Å². The van der Waals surface area contributed by atoms with Crippen LogP contribution in [0.25, 0.3) is 11.2 Å². The van der Waals surface area contributed by atoms with Crippen molar-refractivity contribution in [1.82, 2.24) is 19.5 Å². The normalized spacial score (nSPS) is 25.9. The van der Waals surface area contributed by atoms with Crippen molar-refractivity contribution in [3.05, 3.63) is 16.7 Å². The third-order valence-corrected chi connectivity index (χ3v) is 5.29. The van der Waals surface area contributed by atoms with Crippen molar-refractivity contribution in [2.24, 2.45) is 5.92 Å². The molecule has 0 spiro atoms. The van der Waals surface area contributed by atoms with Gasteiger partial charge in [-0.15, -0.1) is 0 Å². The predicted molar refractivity (Wildman–Crippen MR) is 95.9 cm³/mol. The van der Waals surface area contributed by atoms with E-state index in [1.807, 2.05) is 6.26 Å². The van der Waals surface area contributed by atoms with Gasteiger partial charge in [0.15, 0.2) is 17.4 Å². The van der Waals surface area contributed by atoms with E-state index in [1.54, 1.807) is 13.8 Å². The fourth-order valence-electron chi connectivity index (χ4n) is 2.78. The number of aliphatic hydroxyl groups excluding tert-OH is 2. The van der Waals surface area contributed by atoms with E-state index < -0.39 is 24.0 Å². The molecular formula is C15H21N5O5S. The van der Waals surface area contributed by atoms with Gasteiger partial charge >= 0.3 is 0 Å². The molecule has 0 saturated carbocycles. The molecule has 3 heterocycles. The van der Waals surface area contributed by atoms with Crippen LogP contribution in [-0.2, 0) is 9.53 Å². The molecule has 1 saturated heterocycles. The molecule has 4 N–H and O–H groups in total. The van der Waals surface area contributed by atoms with Crippen LogP contribution in [0.4, 0.5) is 5.95 Å². The Labute approximate surface area is 153 Å². The molecule has 142 valence electrons. The third kappa shape index (κ3) is 3.22. The van der Waals surface area contributed by atoms with Crippen molar-refractivity contribution in [2.45, 2.75) is 37.5 Å². The monoisotopic (exact) mass is 383 g/mol. The molecule has 2 aromatic heterocycles. The lowest BCUT2D eigenvalue weighted by molar-refractivity contribution is -0.118. The maximum atomic E-state index is 12.3. The molecule has 11 heteroatoms. The number of thioether (sulfide) groups is 1. The van der Waals surface area contributed by atoms with Crippen LogP contribution >= 0.6 is 11.8 Å². The number of carbonyl (C=O) groups excluding carboxylic acids is 1. The Balaban J connectivity index is 2.03. The first-order valence-electron chi connectivity index (χ1n) is 8.12. The fraction of sp³-hybridized carbons (Fsp3) is 0.600. The number of carbonyl (C=O) groups is 1. The molecule has 1 fully saturated rings. The smallest absolute Gasteiger partial charge is 0.280 e. The number of nitrogens with one attached hydrogen (secondary N) is 2. The summed E-state index contributed by atoms with van der Waals surface area (Å²) >= 11 is 1.38. The van der Waals surface area contributed by atoms with E-state index in [4.69, 9.17) is 4.74 Å². The lowest BCUT2D eigenvalue weighted by Crippen LogP contribution is -2.31. The number of fused-ring (bicyclic) bond motifs is 1. The van der Waals surface area contributed by atoms with E-state index in [0.29, 0.717) is 0 Å². The molecule has 0 bridgehead atoms. The highest BCUT2D eigenvalue weighted by Gasteiger charge is 2.44. The maximum absolute atomic E-state index is 12.3. The second-order valence-corrected chi connectivity index (χ2v) is 7.34. The maximum Gasteiger partial charge on any atom is 0.280 e. The summed E-state index contributed by atoms with van der Waals surface area (Å²) in [6.07, 6.45) is 0.945. The SMILES string of the molecule is CS[C@@H]1[C@H](O)[C@@H](CO)O[C@H]1n1cnc2c(=O)[nH]c(NC(=O)C(C)C)nc21. The van der Waals surface area contributed by atoms with Crippen molar-refractivity contribution >= 4 is 34.8 Å². The summed E-state index contributed by atoms with van der Waals surface area (Å²) in [5.41, 5.74) is -0.175. The van der Waals surface area contributed by atoms with E-state index in [-0.39, 0.29) is 40.8 Å². The topological polar surface area (TPSA) is 142 Å². The highest BCUT2D eigenvalue weighted by molar-refractivity contribution is 7.99. The van der Waals surface area contributed by atoms with Gasteiger partial charge in [0.05, 0.1) is 24.3 Å². The van der Waals surface area contributed by atoms with Gasteiger partial charge in [0.2, 0.25) is 11.9 Å². The minimum Gasteiger partial charge on any atom is -0.394 e. The number of imidazole rings is 1. The Bertz CT molecular complexity index is 866. The molecule has 10 nitrogen and oxygen atoms in total. The molecule has 0 aliphatic carbocycles. The Kier molecular flexibility index (Phi) is 5.32. The minimum absolute atomic E-state index is 0.0147. The lowest BCUT2D eigenvalue weighted by Gasteiger charge is -2.19. The van der Waals surface area contributed by atoms with Gasteiger partial charge in [-0.2, -0.15) is 16.7 Å². The van der Waals surface area contributed by atoms with E-state index in [9.17, 15) is 19.8 Å². The Hall–Kier alpha value is -1.95. The number of aromatic amines is 1. The summed E-state index contributed by atoms with van der Waals surface area (Å²) in [5.74, 6) is -0.547. The number of H-pyrrole nitrogens is 1. The Morgan fingerprint density at radius 2 is 2.27 bits per heavy atom. The number of anilines is 1. The standard InChI is InChI=1S/C15H21N5O5S/c1-6(2)12(23)18-15-17-11-8(13(24)19-15)16-5-20(11)14-10(26-3)9(22)7(4-21)25-14/h5-7,9-10,14,21-22H,4H2,1-3H3,(H2,17,18,19,23,24)/t7-,9-,10-,14-/m1/s1. The average Bonchev–Trinajstić information content (AvgIpc) is 3.15. The molecule has 1 aliphatic rings. The van der Waals surface area contributed by atoms with Crippen molar-refractivity contribution in [1.29, 1.82) is 0 Å². The summed E-state index contributed by atoms with van der Waals surface area (Å²) in [6.45, 7) is 3.12. The fourth-order valence-corrected chi connectivity index (χ4v) is 3.66. The van der Waals surface area contributed by atoms with Crippen LogP contribution in [0.3, 0.4) is 0 Å². The number of amides is 1. The summed E-state index contributed by atoms with van der Waals surface area (Å²) in [4.78, 5) is 35.0. The molecule has 2 aromatic rings. The number of hydrogen-bond donors (Lipinski definition) is 4. The van der Waals surface area contributed by atoms with Crippen molar-refractivity contribution in [2.75, 3.05) is 18.2 Å². The van der Waals surface area contributed by atoms with Gasteiger partial charge in [0.25, 0.3) is 5.56 Å². The molecule has 0 unspecified atom stereocenters. The molecule has 1 aliphatic heterocycles. The highest BCUT2D eigenvalue weighted by Crippen LogP contribution is 2.37. The number of aliphatic hydroxyl groups is 2. The Morgan fingerprint density at radius 3 is 2.88 bits per heavy atom. The van der Waals surface area contributed by atoms with Gasteiger partial charge in [0, 0.05) is 5.92 Å². The van der Waals surface area contributed by atoms with Crippen molar-refractivity contribution in [3.63, 3.8) is 0 Å². The molecule has 0 aromatic carbocycles. The van der Waals surface area contributed by atoms with Crippen LogP contribution in [0.1, 0.15) is 20.1 Å². The average molecular weight is 383 g/mol. The number of hydrogen-bond acceptors (Lipinski definition) is 8. The van der Waals surface area contributed by atoms with Gasteiger partial charge in [0.1, 0.15) is 6.10 Å². The first-order chi connectivity index (χ1) is 12.4. The van der Waals surface area contributed by atoms with Gasteiger partial charge in [-0.1, -0.05) is 13.8 Å². The second kappa shape index (κ2) is 7.35. The van der Waals surface area contributed by atoms with E-state index in [1.165, 1.54) is 22.7 Å². The van der Waals surface area contributed by atoms with Crippen molar-refractivity contribution in [3.8, 4) is 0 Å². The summed E-state index contributed by atoms with van der Waals surface area (Å²) in [7, 11) is 0. The van der Waals surface area contributed by atoms with Crippen LogP contribution in [-0.4, -0.2) is 66.0 Å². The van der Waals surface area contributed by atoms with Crippen LogP contribution in [0.15, 0.2) is 11.1 Å². The van der Waals surface area contributed by atoms with E-state index in [2.05, 4.69) is 20.3 Å². The molecule has 1 amide bonds. The number of rotatable bonds is 5. The molecule has 4 atom stereocenters. The van der Waals surface area contributed by atoms with Gasteiger partial charge in [-0.25, -0.2) is 4.98 Å². The lowest BCUT2D eigenvalue weighted by atomic mass is 10.2. The number of aromatic nitrogens is 4. The van der Waals surface area contributed by atoms with Gasteiger partial charge < -0.3 is 14.9 Å². The van der Waals surface area contributed by atoms with Crippen LogP contribution in [0.2, 0.25) is 0 Å². The number of nitrogens with zero attached hydrogens (tertiary/aromatic N) is 3. The summed E-state index contributed by atoms with van der Waals surface area (Å²) < 4.78 is 7.28. The third-order valence-electron chi connectivity index (χ3n) is 4.24. The van der Waals surface area contributed by atoms with Crippen LogP contribution < -0.4 is 10.9 Å². The minimum atomic E-state index is -0.875. The Morgan fingerprint density at radius 1 is 1.54 bits per heavy atom. The second-order valence-electron chi connectivity index (χ2n) is 6.32. The zero-order valence-corrected chi connectivity index (χ0v) is 15.4. The highest BCUT2D eigenvalue weighted by atomic mass is 32.2. The molecule has 26 heavy (non-hydrogen) atoms. The zero-order chi connectivity index (χ0) is 19.0. The van der Waals surface area contributed by atoms with Crippen LogP contribution in [0.5, 0.6) is 0 Å². The molecular weight excluding hydrogens is 362 g/mol. The van der Waals surface area contributed by atoms with E-state index >= 15 is 0 Å².